The summed E-state index contributed by atoms with van der Waals surface area (Å²) in [4.78, 5) is 18.2. The van der Waals surface area contributed by atoms with Gasteiger partial charge < -0.3 is 9.47 Å². The molecule has 4 rings (SSSR count). The molecule has 0 amide bonds. The van der Waals surface area contributed by atoms with Gasteiger partial charge >= 0.3 is 0 Å². The fourth-order valence-electron chi connectivity index (χ4n) is 4.10. The second-order valence-electron chi connectivity index (χ2n) is 9.44. The summed E-state index contributed by atoms with van der Waals surface area (Å²) in [5.41, 5.74) is 2.80. The minimum atomic E-state index is -0.0181. The van der Waals surface area contributed by atoms with E-state index in [4.69, 9.17) is 14.5 Å². The summed E-state index contributed by atoms with van der Waals surface area (Å²) in [6.07, 6.45) is 1.64. The smallest absolute Gasteiger partial charge is 0.261 e. The van der Waals surface area contributed by atoms with E-state index in [1.54, 1.807) is 11.7 Å². The van der Waals surface area contributed by atoms with Crippen LogP contribution < -0.4 is 15.0 Å². The molecule has 0 fully saturated rings. The number of fused-ring (bicyclic) bond motifs is 1. The molecule has 0 saturated heterocycles. The number of hydrogen-bond acceptors (Lipinski definition) is 4. The van der Waals surface area contributed by atoms with Crippen molar-refractivity contribution in [2.75, 3.05) is 13.7 Å². The van der Waals surface area contributed by atoms with Crippen LogP contribution in [0.25, 0.3) is 22.3 Å². The molecule has 0 aliphatic rings. The molecule has 0 saturated carbocycles. The Kier molecular flexibility index (Phi) is 7.01. The highest BCUT2D eigenvalue weighted by Crippen LogP contribution is 2.31. The van der Waals surface area contributed by atoms with Gasteiger partial charge in [0.2, 0.25) is 0 Å². The third kappa shape index (κ3) is 5.14. The van der Waals surface area contributed by atoms with E-state index in [1.165, 1.54) is 5.56 Å². The average molecular weight is 457 g/mol. The Morgan fingerprint density at radius 2 is 1.59 bits per heavy atom. The van der Waals surface area contributed by atoms with Crippen LogP contribution in [0.1, 0.15) is 39.2 Å². The molecule has 0 radical (unpaired) electrons. The van der Waals surface area contributed by atoms with E-state index in [9.17, 15) is 4.79 Å². The Bertz CT molecular complexity index is 1320. The lowest BCUT2D eigenvalue weighted by Crippen LogP contribution is -2.24. The standard InChI is InChI=1S/C29H32N2O3/c1-29(2,3)24-12-6-8-14-26(24)34-20-10-9-19-31-27(21-15-17-22(33-4)18-16-21)30-25-13-7-5-11-23(25)28(31)32/h5-8,11-18H,9-10,19-20H2,1-4H3. The zero-order valence-corrected chi connectivity index (χ0v) is 20.4. The molecule has 0 spiro atoms. The van der Waals surface area contributed by atoms with Gasteiger partial charge in [-0.1, -0.05) is 51.1 Å². The summed E-state index contributed by atoms with van der Waals surface area (Å²) < 4.78 is 13.2. The number of unbranched alkanes of at least 4 members (excludes halogenated alkanes) is 1. The van der Waals surface area contributed by atoms with Crippen molar-refractivity contribution in [2.45, 2.75) is 45.6 Å². The van der Waals surface area contributed by atoms with Gasteiger partial charge in [0.1, 0.15) is 17.3 Å². The molecule has 3 aromatic carbocycles. The minimum Gasteiger partial charge on any atom is -0.497 e. The van der Waals surface area contributed by atoms with E-state index in [2.05, 4.69) is 26.8 Å². The van der Waals surface area contributed by atoms with E-state index in [-0.39, 0.29) is 11.0 Å². The lowest BCUT2D eigenvalue weighted by Gasteiger charge is -2.22. The van der Waals surface area contributed by atoms with Crippen molar-refractivity contribution in [2.24, 2.45) is 0 Å². The number of methoxy groups -OCH3 is 1. The van der Waals surface area contributed by atoms with Crippen LogP contribution in [0.15, 0.2) is 77.6 Å². The molecule has 0 bridgehead atoms. The van der Waals surface area contributed by atoms with Gasteiger partial charge in [0.25, 0.3) is 5.56 Å². The van der Waals surface area contributed by atoms with Crippen molar-refractivity contribution < 1.29 is 9.47 Å². The molecule has 34 heavy (non-hydrogen) atoms. The predicted molar refractivity (Wildman–Crippen MR) is 138 cm³/mol. The fourth-order valence-corrected chi connectivity index (χ4v) is 4.10. The molecule has 5 nitrogen and oxygen atoms in total. The first-order valence-corrected chi connectivity index (χ1v) is 11.7. The molecule has 0 aliphatic carbocycles. The first-order valence-electron chi connectivity index (χ1n) is 11.7. The zero-order valence-electron chi connectivity index (χ0n) is 20.4. The maximum Gasteiger partial charge on any atom is 0.261 e. The number of para-hydroxylation sites is 2. The largest absolute Gasteiger partial charge is 0.497 e. The van der Waals surface area contributed by atoms with E-state index >= 15 is 0 Å². The summed E-state index contributed by atoms with van der Waals surface area (Å²) in [5, 5.41) is 0.634. The van der Waals surface area contributed by atoms with Gasteiger partial charge in [-0.25, -0.2) is 4.98 Å². The zero-order chi connectivity index (χ0) is 24.1. The quantitative estimate of drug-likeness (QED) is 0.295. The number of hydrogen-bond donors (Lipinski definition) is 0. The SMILES string of the molecule is COc1ccc(-c2nc3ccccc3c(=O)n2CCCCOc2ccccc2C(C)(C)C)cc1. The van der Waals surface area contributed by atoms with E-state index in [0.29, 0.717) is 29.9 Å². The lowest BCUT2D eigenvalue weighted by molar-refractivity contribution is 0.295. The van der Waals surface area contributed by atoms with Crippen molar-refractivity contribution in [3.8, 4) is 22.9 Å². The Morgan fingerprint density at radius 3 is 2.32 bits per heavy atom. The summed E-state index contributed by atoms with van der Waals surface area (Å²) in [5.74, 6) is 2.37. The Morgan fingerprint density at radius 1 is 0.882 bits per heavy atom. The third-order valence-electron chi connectivity index (χ3n) is 5.94. The van der Waals surface area contributed by atoms with Crippen LogP contribution in [0.3, 0.4) is 0 Å². The van der Waals surface area contributed by atoms with Gasteiger partial charge in [-0.05, 0) is 66.3 Å². The van der Waals surface area contributed by atoms with E-state index in [1.807, 2.05) is 66.7 Å². The first-order chi connectivity index (χ1) is 16.4. The molecule has 0 aliphatic heterocycles. The van der Waals surface area contributed by atoms with Gasteiger partial charge in [-0.15, -0.1) is 0 Å². The van der Waals surface area contributed by atoms with Crippen molar-refractivity contribution in [3.63, 3.8) is 0 Å². The number of benzene rings is 3. The van der Waals surface area contributed by atoms with Gasteiger partial charge in [0, 0.05) is 12.1 Å². The van der Waals surface area contributed by atoms with Gasteiger partial charge in [0.15, 0.2) is 0 Å². The van der Waals surface area contributed by atoms with Crippen molar-refractivity contribution in [1.82, 2.24) is 9.55 Å². The Labute approximate surface area is 201 Å². The molecule has 0 unspecified atom stereocenters. The van der Waals surface area contributed by atoms with Gasteiger partial charge in [-0.2, -0.15) is 0 Å². The topological polar surface area (TPSA) is 53.3 Å². The molecule has 4 aromatic rings. The number of nitrogens with zero attached hydrogens (tertiary/aromatic N) is 2. The van der Waals surface area contributed by atoms with Gasteiger partial charge in [0.05, 0.1) is 24.6 Å². The molecular formula is C29H32N2O3. The van der Waals surface area contributed by atoms with Crippen LogP contribution in [-0.2, 0) is 12.0 Å². The predicted octanol–water partition coefficient (Wildman–Crippen LogP) is 6.23. The average Bonchev–Trinajstić information content (AvgIpc) is 2.84. The molecular weight excluding hydrogens is 424 g/mol. The van der Waals surface area contributed by atoms with Crippen molar-refractivity contribution >= 4 is 10.9 Å². The van der Waals surface area contributed by atoms with Crippen molar-refractivity contribution in [1.29, 1.82) is 0 Å². The fraction of sp³-hybridized carbons (Fsp3) is 0.310. The highest BCUT2D eigenvalue weighted by Gasteiger charge is 2.18. The maximum atomic E-state index is 13.4. The number of rotatable bonds is 8. The molecule has 0 atom stereocenters. The van der Waals surface area contributed by atoms with Crippen LogP contribution in [-0.4, -0.2) is 23.3 Å². The molecule has 1 aromatic heterocycles. The van der Waals surface area contributed by atoms with E-state index < -0.39 is 0 Å². The van der Waals surface area contributed by atoms with Gasteiger partial charge in [-0.3, -0.25) is 9.36 Å². The summed E-state index contributed by atoms with van der Waals surface area (Å²) in [7, 11) is 1.64. The highest BCUT2D eigenvalue weighted by molar-refractivity contribution is 5.79. The van der Waals surface area contributed by atoms with Crippen LogP contribution in [0.2, 0.25) is 0 Å². The Balaban J connectivity index is 1.52. The number of ether oxygens (including phenoxy) is 2. The lowest BCUT2D eigenvalue weighted by atomic mass is 9.86. The molecule has 1 heterocycles. The normalized spacial score (nSPS) is 11.5. The first kappa shape index (κ1) is 23.6. The number of aromatic nitrogens is 2. The van der Waals surface area contributed by atoms with Crippen LogP contribution >= 0.6 is 0 Å². The molecule has 5 heteroatoms. The third-order valence-corrected chi connectivity index (χ3v) is 5.94. The Hall–Kier alpha value is -3.60. The summed E-state index contributed by atoms with van der Waals surface area (Å²) >= 11 is 0. The second-order valence-corrected chi connectivity index (χ2v) is 9.44. The second kappa shape index (κ2) is 10.1. The highest BCUT2D eigenvalue weighted by atomic mass is 16.5. The summed E-state index contributed by atoms with van der Waals surface area (Å²) in [6, 6.07) is 23.4. The maximum absolute atomic E-state index is 13.4. The minimum absolute atomic E-state index is 0.0181. The molecule has 0 N–H and O–H groups in total. The van der Waals surface area contributed by atoms with Crippen LogP contribution in [0, 0.1) is 0 Å². The molecule has 176 valence electrons. The van der Waals surface area contributed by atoms with Crippen LogP contribution in [0.5, 0.6) is 11.5 Å². The van der Waals surface area contributed by atoms with E-state index in [0.717, 1.165) is 29.9 Å². The van der Waals surface area contributed by atoms with Crippen LogP contribution in [0.4, 0.5) is 0 Å². The van der Waals surface area contributed by atoms with Crippen molar-refractivity contribution in [3.05, 3.63) is 88.7 Å². The monoisotopic (exact) mass is 456 g/mol. The summed E-state index contributed by atoms with van der Waals surface area (Å²) in [6.45, 7) is 7.74.